The Kier molecular flexibility index (Phi) is 3.73. The Morgan fingerprint density at radius 1 is 1.61 bits per heavy atom. The summed E-state index contributed by atoms with van der Waals surface area (Å²) in [6, 6.07) is 2.00. The lowest BCUT2D eigenvalue weighted by Gasteiger charge is -2.20. The van der Waals surface area contributed by atoms with Gasteiger partial charge in [0.1, 0.15) is 5.82 Å². The van der Waals surface area contributed by atoms with Crippen LogP contribution in [-0.2, 0) is 0 Å². The van der Waals surface area contributed by atoms with Crippen LogP contribution >= 0.6 is 11.6 Å². The summed E-state index contributed by atoms with van der Waals surface area (Å²) >= 11 is 5.88. The van der Waals surface area contributed by atoms with Gasteiger partial charge in [-0.25, -0.2) is 4.98 Å². The Morgan fingerprint density at radius 3 is 2.89 bits per heavy atom. The van der Waals surface area contributed by atoms with Crippen LogP contribution in [0.25, 0.3) is 0 Å². The first-order valence-electron chi connectivity index (χ1n) is 5.85. The number of likely N-dealkylation sites (N-methyl/N-ethyl adjacent to an activating group) is 1. The summed E-state index contributed by atoms with van der Waals surface area (Å²) in [4.78, 5) is 20.1. The molecule has 1 atom stereocenters. The van der Waals surface area contributed by atoms with E-state index < -0.39 is 0 Å². The lowest BCUT2D eigenvalue weighted by atomic mass is 10.2. The molecule has 0 spiro atoms. The third kappa shape index (κ3) is 2.57. The third-order valence-corrected chi connectivity index (χ3v) is 3.60. The van der Waals surface area contributed by atoms with Gasteiger partial charge in [-0.1, -0.05) is 11.6 Å². The van der Waals surface area contributed by atoms with E-state index in [9.17, 15) is 4.79 Å². The SMILES string of the molecule is CN(C)C1CCN(C(=O)c2cnc(N)c(Cl)c2)C1. The molecule has 0 aliphatic carbocycles. The topological polar surface area (TPSA) is 62.5 Å². The molecule has 0 aromatic carbocycles. The summed E-state index contributed by atoms with van der Waals surface area (Å²) in [6.07, 6.45) is 2.47. The summed E-state index contributed by atoms with van der Waals surface area (Å²) in [6.45, 7) is 1.51. The van der Waals surface area contributed by atoms with Crippen molar-refractivity contribution < 1.29 is 4.79 Å². The fourth-order valence-corrected chi connectivity index (χ4v) is 2.26. The van der Waals surface area contributed by atoms with Crippen molar-refractivity contribution in [3.05, 3.63) is 22.8 Å². The minimum absolute atomic E-state index is 0.0336. The second-order valence-electron chi connectivity index (χ2n) is 4.75. The largest absolute Gasteiger partial charge is 0.382 e. The number of hydrogen-bond acceptors (Lipinski definition) is 4. The van der Waals surface area contributed by atoms with E-state index in [1.807, 2.05) is 19.0 Å². The summed E-state index contributed by atoms with van der Waals surface area (Å²) < 4.78 is 0. The van der Waals surface area contributed by atoms with E-state index in [4.69, 9.17) is 17.3 Å². The van der Waals surface area contributed by atoms with Crippen LogP contribution < -0.4 is 5.73 Å². The molecular formula is C12H17ClN4O. The standard InChI is InChI=1S/C12H17ClN4O/c1-16(2)9-3-4-17(7-9)12(18)8-5-10(13)11(14)15-6-8/h5-6,9H,3-4,7H2,1-2H3,(H2,14,15). The monoisotopic (exact) mass is 268 g/mol. The maximum Gasteiger partial charge on any atom is 0.255 e. The van der Waals surface area contributed by atoms with Crippen molar-refractivity contribution in [2.24, 2.45) is 0 Å². The second kappa shape index (κ2) is 5.12. The number of pyridine rings is 1. The van der Waals surface area contributed by atoms with Crippen molar-refractivity contribution >= 4 is 23.3 Å². The molecule has 1 aromatic heterocycles. The van der Waals surface area contributed by atoms with Crippen LogP contribution in [0.4, 0.5) is 5.82 Å². The number of amides is 1. The van der Waals surface area contributed by atoms with E-state index in [2.05, 4.69) is 9.88 Å². The first-order chi connectivity index (χ1) is 8.49. The molecular weight excluding hydrogens is 252 g/mol. The average Bonchev–Trinajstić information content (AvgIpc) is 2.81. The zero-order chi connectivity index (χ0) is 13.3. The smallest absolute Gasteiger partial charge is 0.255 e. The van der Waals surface area contributed by atoms with Gasteiger partial charge in [0.15, 0.2) is 0 Å². The van der Waals surface area contributed by atoms with Gasteiger partial charge in [0, 0.05) is 25.3 Å². The van der Waals surface area contributed by atoms with Crippen LogP contribution in [0, 0.1) is 0 Å². The van der Waals surface area contributed by atoms with Crippen molar-refractivity contribution in [2.75, 3.05) is 32.9 Å². The van der Waals surface area contributed by atoms with Crippen LogP contribution in [-0.4, -0.2) is 53.9 Å². The maximum absolute atomic E-state index is 12.2. The lowest BCUT2D eigenvalue weighted by Crippen LogP contribution is -2.34. The molecule has 1 aliphatic heterocycles. The van der Waals surface area contributed by atoms with Gasteiger partial charge in [0.2, 0.25) is 0 Å². The van der Waals surface area contributed by atoms with Gasteiger partial charge in [0.25, 0.3) is 5.91 Å². The van der Waals surface area contributed by atoms with Gasteiger partial charge in [-0.3, -0.25) is 4.79 Å². The van der Waals surface area contributed by atoms with E-state index in [-0.39, 0.29) is 11.7 Å². The summed E-state index contributed by atoms with van der Waals surface area (Å²) in [5, 5.41) is 0.323. The van der Waals surface area contributed by atoms with Gasteiger partial charge in [-0.2, -0.15) is 0 Å². The van der Waals surface area contributed by atoms with E-state index in [1.165, 1.54) is 6.20 Å². The predicted octanol–water partition coefficient (Wildman–Crippen LogP) is 1.09. The third-order valence-electron chi connectivity index (χ3n) is 3.30. The molecule has 0 saturated carbocycles. The van der Waals surface area contributed by atoms with Gasteiger partial charge >= 0.3 is 0 Å². The van der Waals surface area contributed by atoms with Gasteiger partial charge in [0.05, 0.1) is 10.6 Å². The first-order valence-corrected chi connectivity index (χ1v) is 6.23. The molecule has 1 aliphatic rings. The molecule has 1 fully saturated rings. The van der Waals surface area contributed by atoms with Crippen LogP contribution in [0.15, 0.2) is 12.3 Å². The minimum Gasteiger partial charge on any atom is -0.382 e. The molecule has 5 nitrogen and oxygen atoms in total. The zero-order valence-corrected chi connectivity index (χ0v) is 11.3. The highest BCUT2D eigenvalue weighted by molar-refractivity contribution is 6.33. The number of rotatable bonds is 2. The number of halogens is 1. The molecule has 0 radical (unpaired) electrons. The number of likely N-dealkylation sites (tertiary alicyclic amines) is 1. The molecule has 1 aromatic rings. The molecule has 1 unspecified atom stereocenters. The number of nitrogen functional groups attached to an aromatic ring is 1. The molecule has 2 N–H and O–H groups in total. The highest BCUT2D eigenvalue weighted by Gasteiger charge is 2.28. The molecule has 0 bridgehead atoms. The number of nitrogens with two attached hydrogens (primary N) is 1. The maximum atomic E-state index is 12.2. The van der Waals surface area contributed by atoms with E-state index in [0.29, 0.717) is 16.6 Å². The molecule has 1 saturated heterocycles. The number of hydrogen-bond donors (Lipinski definition) is 1. The number of nitrogens with zero attached hydrogens (tertiary/aromatic N) is 3. The summed E-state index contributed by atoms with van der Waals surface area (Å²) in [7, 11) is 4.06. The number of aromatic nitrogens is 1. The predicted molar refractivity (Wildman–Crippen MR) is 71.7 cm³/mol. The quantitative estimate of drug-likeness (QED) is 0.872. The summed E-state index contributed by atoms with van der Waals surface area (Å²) in [5.74, 6) is 0.217. The van der Waals surface area contributed by atoms with Crippen LogP contribution in [0.5, 0.6) is 0 Å². The number of carbonyl (C=O) groups is 1. The summed E-state index contributed by atoms with van der Waals surface area (Å²) in [5.41, 5.74) is 6.02. The van der Waals surface area contributed by atoms with Crippen molar-refractivity contribution in [2.45, 2.75) is 12.5 Å². The van der Waals surface area contributed by atoms with E-state index in [1.54, 1.807) is 6.07 Å². The van der Waals surface area contributed by atoms with Gasteiger partial charge < -0.3 is 15.5 Å². The molecule has 2 heterocycles. The van der Waals surface area contributed by atoms with Gasteiger partial charge in [-0.15, -0.1) is 0 Å². The number of carbonyl (C=O) groups excluding carboxylic acids is 1. The van der Waals surface area contributed by atoms with Crippen molar-refractivity contribution in [1.82, 2.24) is 14.8 Å². The zero-order valence-electron chi connectivity index (χ0n) is 10.6. The Balaban J connectivity index is 2.10. The Labute approximate surface area is 112 Å². The Morgan fingerprint density at radius 2 is 2.33 bits per heavy atom. The highest BCUT2D eigenvalue weighted by Crippen LogP contribution is 2.20. The van der Waals surface area contributed by atoms with E-state index >= 15 is 0 Å². The second-order valence-corrected chi connectivity index (χ2v) is 5.16. The lowest BCUT2D eigenvalue weighted by molar-refractivity contribution is 0.0782. The highest BCUT2D eigenvalue weighted by atomic mass is 35.5. The van der Waals surface area contributed by atoms with Crippen LogP contribution in [0.3, 0.4) is 0 Å². The fraction of sp³-hybridized carbons (Fsp3) is 0.500. The van der Waals surface area contributed by atoms with E-state index in [0.717, 1.165) is 19.5 Å². The average molecular weight is 269 g/mol. The first kappa shape index (κ1) is 13.1. The Bertz CT molecular complexity index is 463. The normalized spacial score (nSPS) is 19.6. The van der Waals surface area contributed by atoms with Crippen LogP contribution in [0.1, 0.15) is 16.8 Å². The molecule has 2 rings (SSSR count). The minimum atomic E-state index is -0.0336. The fourth-order valence-electron chi connectivity index (χ4n) is 2.10. The number of anilines is 1. The van der Waals surface area contributed by atoms with Crippen molar-refractivity contribution in [3.8, 4) is 0 Å². The molecule has 6 heteroatoms. The van der Waals surface area contributed by atoms with Crippen LogP contribution in [0.2, 0.25) is 5.02 Å². The molecule has 1 amide bonds. The van der Waals surface area contributed by atoms with Crippen molar-refractivity contribution in [3.63, 3.8) is 0 Å². The molecule has 18 heavy (non-hydrogen) atoms. The Hall–Kier alpha value is -1.33. The molecule has 98 valence electrons. The van der Waals surface area contributed by atoms with Gasteiger partial charge in [-0.05, 0) is 26.6 Å². The van der Waals surface area contributed by atoms with Crippen molar-refractivity contribution in [1.29, 1.82) is 0 Å².